The molecule has 152 valence electrons. The summed E-state index contributed by atoms with van der Waals surface area (Å²) in [5.41, 5.74) is 1.22. The largest absolute Gasteiger partial charge is 0.465 e. The molecule has 0 aliphatic heterocycles. The highest BCUT2D eigenvalue weighted by Crippen LogP contribution is 2.27. The van der Waals surface area contributed by atoms with E-state index in [9.17, 15) is 14.4 Å². The van der Waals surface area contributed by atoms with Gasteiger partial charge in [-0.3, -0.25) is 14.5 Å². The maximum atomic E-state index is 12.5. The zero-order chi connectivity index (χ0) is 21.1. The topological polar surface area (TPSA) is 117 Å². The van der Waals surface area contributed by atoms with Crippen molar-refractivity contribution in [1.82, 2.24) is 19.9 Å². The van der Waals surface area contributed by atoms with Crippen molar-refractivity contribution >= 4 is 39.2 Å². The van der Waals surface area contributed by atoms with Crippen LogP contribution in [0.4, 0.5) is 5.82 Å². The van der Waals surface area contributed by atoms with Crippen LogP contribution in [0.3, 0.4) is 0 Å². The maximum Gasteiger partial charge on any atom is 0.348 e. The van der Waals surface area contributed by atoms with Crippen molar-refractivity contribution in [3.8, 4) is 0 Å². The Morgan fingerprint density at radius 1 is 1.34 bits per heavy atom. The molecule has 0 aromatic carbocycles. The molecule has 0 spiro atoms. The third kappa shape index (κ3) is 4.66. The molecule has 0 saturated carbocycles. The van der Waals surface area contributed by atoms with Gasteiger partial charge in [-0.25, -0.2) is 14.8 Å². The van der Waals surface area contributed by atoms with Crippen molar-refractivity contribution in [3.63, 3.8) is 0 Å². The van der Waals surface area contributed by atoms with Gasteiger partial charge in [0.25, 0.3) is 5.56 Å². The summed E-state index contributed by atoms with van der Waals surface area (Å²) < 4.78 is 4.75. The van der Waals surface area contributed by atoms with Gasteiger partial charge >= 0.3 is 5.97 Å². The van der Waals surface area contributed by atoms with E-state index in [0.717, 1.165) is 16.9 Å². The number of rotatable bonds is 6. The molecule has 9 nitrogen and oxygen atoms in total. The highest BCUT2D eigenvalue weighted by Gasteiger charge is 2.20. The van der Waals surface area contributed by atoms with Crippen LogP contribution in [0.2, 0.25) is 0 Å². The van der Waals surface area contributed by atoms with E-state index in [-0.39, 0.29) is 24.6 Å². The number of likely N-dealkylation sites (N-methyl/N-ethyl adjacent to an activating group) is 1. The minimum absolute atomic E-state index is 0.0915. The van der Waals surface area contributed by atoms with Crippen molar-refractivity contribution in [2.24, 2.45) is 0 Å². The Kier molecular flexibility index (Phi) is 6.04. The lowest BCUT2D eigenvalue weighted by Gasteiger charge is -2.15. The SMILES string of the molecule is COC(=O)c1sc2nc(CN(C)CC(=O)Nc3cc(C)ccn3)[nH]c(=O)c2c1C. The average molecular weight is 415 g/mol. The molecule has 2 N–H and O–H groups in total. The van der Waals surface area contributed by atoms with Gasteiger partial charge in [-0.05, 0) is 44.2 Å². The smallest absolute Gasteiger partial charge is 0.348 e. The molecule has 0 aliphatic rings. The lowest BCUT2D eigenvalue weighted by Crippen LogP contribution is -2.31. The molecule has 3 heterocycles. The third-order valence-electron chi connectivity index (χ3n) is 4.24. The van der Waals surface area contributed by atoms with Gasteiger partial charge in [0, 0.05) is 6.20 Å². The minimum atomic E-state index is -0.495. The summed E-state index contributed by atoms with van der Waals surface area (Å²) in [5.74, 6) is 0.170. The fourth-order valence-corrected chi connectivity index (χ4v) is 4.01. The predicted octanol–water partition coefficient (Wildman–Crippen LogP) is 1.85. The maximum absolute atomic E-state index is 12.5. The average Bonchev–Trinajstić information content (AvgIpc) is 2.97. The molecule has 10 heteroatoms. The number of H-pyrrole nitrogens is 1. The minimum Gasteiger partial charge on any atom is -0.465 e. The van der Waals surface area contributed by atoms with Gasteiger partial charge < -0.3 is 15.0 Å². The molecule has 3 aromatic heterocycles. The van der Waals surface area contributed by atoms with E-state index < -0.39 is 5.97 Å². The molecule has 0 saturated heterocycles. The number of thiophene rings is 1. The number of nitrogens with one attached hydrogen (secondary N) is 2. The summed E-state index contributed by atoms with van der Waals surface area (Å²) in [6, 6.07) is 3.63. The van der Waals surface area contributed by atoms with Crippen LogP contribution in [0, 0.1) is 13.8 Å². The van der Waals surface area contributed by atoms with E-state index in [1.165, 1.54) is 7.11 Å². The Morgan fingerprint density at radius 2 is 2.10 bits per heavy atom. The van der Waals surface area contributed by atoms with Crippen LogP contribution >= 0.6 is 11.3 Å². The summed E-state index contributed by atoms with van der Waals surface area (Å²) in [7, 11) is 3.04. The van der Waals surface area contributed by atoms with Gasteiger partial charge in [-0.15, -0.1) is 11.3 Å². The van der Waals surface area contributed by atoms with Gasteiger partial charge in [0.2, 0.25) is 5.91 Å². The summed E-state index contributed by atoms with van der Waals surface area (Å²) >= 11 is 1.12. The van der Waals surface area contributed by atoms with E-state index in [1.807, 2.05) is 13.0 Å². The summed E-state index contributed by atoms with van der Waals surface area (Å²) in [5, 5.41) is 3.12. The Bertz CT molecular complexity index is 1140. The highest BCUT2D eigenvalue weighted by atomic mass is 32.1. The molecule has 0 unspecified atom stereocenters. The molecule has 1 amide bonds. The monoisotopic (exact) mass is 415 g/mol. The number of esters is 1. The number of amides is 1. The first-order chi connectivity index (χ1) is 13.8. The van der Waals surface area contributed by atoms with E-state index in [0.29, 0.717) is 32.3 Å². The number of nitrogens with zero attached hydrogens (tertiary/aromatic N) is 3. The van der Waals surface area contributed by atoms with Crippen molar-refractivity contribution < 1.29 is 14.3 Å². The Balaban J connectivity index is 1.73. The number of aryl methyl sites for hydroxylation is 2. The van der Waals surface area contributed by atoms with E-state index in [2.05, 4.69) is 20.3 Å². The first kappa shape index (κ1) is 20.6. The summed E-state index contributed by atoms with van der Waals surface area (Å²) in [6.45, 7) is 3.95. The normalized spacial score (nSPS) is 11.1. The lowest BCUT2D eigenvalue weighted by molar-refractivity contribution is -0.117. The van der Waals surface area contributed by atoms with Crippen LogP contribution in [-0.2, 0) is 16.1 Å². The van der Waals surface area contributed by atoms with Gasteiger partial charge in [0.1, 0.15) is 21.3 Å². The second kappa shape index (κ2) is 8.50. The van der Waals surface area contributed by atoms with Crippen molar-refractivity contribution in [2.45, 2.75) is 20.4 Å². The lowest BCUT2D eigenvalue weighted by atomic mass is 10.2. The van der Waals surface area contributed by atoms with Crippen LogP contribution in [0.25, 0.3) is 10.2 Å². The zero-order valence-corrected chi connectivity index (χ0v) is 17.3. The number of aromatic amines is 1. The Labute approximate surface area is 170 Å². The first-order valence-electron chi connectivity index (χ1n) is 8.80. The molecule has 0 aliphatic carbocycles. The van der Waals surface area contributed by atoms with Gasteiger partial charge in [0.15, 0.2) is 0 Å². The molecule has 0 fully saturated rings. The van der Waals surface area contributed by atoms with Crippen LogP contribution in [-0.4, -0.2) is 52.4 Å². The number of hydrogen-bond donors (Lipinski definition) is 2. The number of fused-ring (bicyclic) bond motifs is 1. The molecule has 0 bridgehead atoms. The Hall–Kier alpha value is -3.11. The first-order valence-corrected chi connectivity index (χ1v) is 9.61. The van der Waals surface area contributed by atoms with Crippen LogP contribution < -0.4 is 10.9 Å². The van der Waals surface area contributed by atoms with Gasteiger partial charge in [-0.2, -0.15) is 0 Å². The second-order valence-corrected chi connectivity index (χ2v) is 7.68. The van der Waals surface area contributed by atoms with Crippen LogP contribution in [0.5, 0.6) is 0 Å². The highest BCUT2D eigenvalue weighted by molar-refractivity contribution is 7.20. The van der Waals surface area contributed by atoms with E-state index in [1.54, 1.807) is 31.1 Å². The van der Waals surface area contributed by atoms with Crippen molar-refractivity contribution in [1.29, 1.82) is 0 Å². The van der Waals surface area contributed by atoms with Crippen molar-refractivity contribution in [2.75, 3.05) is 26.0 Å². The number of carbonyl (C=O) groups is 2. The molecular formula is C19H21N5O4S. The number of ether oxygens (including phenoxy) is 1. The van der Waals surface area contributed by atoms with E-state index >= 15 is 0 Å². The summed E-state index contributed by atoms with van der Waals surface area (Å²) in [4.78, 5) is 50.4. The second-order valence-electron chi connectivity index (χ2n) is 6.68. The molecule has 3 aromatic rings. The molecular weight excluding hydrogens is 394 g/mol. The van der Waals surface area contributed by atoms with Gasteiger partial charge in [-0.1, -0.05) is 0 Å². The quantitative estimate of drug-likeness (QED) is 0.590. The number of hydrogen-bond acceptors (Lipinski definition) is 8. The predicted molar refractivity (Wildman–Crippen MR) is 110 cm³/mol. The number of methoxy groups -OCH3 is 1. The summed E-state index contributed by atoms with van der Waals surface area (Å²) in [6.07, 6.45) is 1.63. The number of carbonyl (C=O) groups excluding carboxylic acids is 2. The molecule has 0 atom stereocenters. The number of anilines is 1. The zero-order valence-electron chi connectivity index (χ0n) is 16.5. The fraction of sp³-hybridized carbons (Fsp3) is 0.316. The standard InChI is InChI=1S/C19H21N5O4S/c1-10-5-6-20-12(7-10)21-14(25)9-24(3)8-13-22-17(26)15-11(2)16(19(27)28-4)29-18(15)23-13/h5-7H,8-9H2,1-4H3,(H,20,21,25)(H,22,23,26). The molecule has 3 rings (SSSR count). The fourth-order valence-electron chi connectivity index (χ4n) is 2.89. The van der Waals surface area contributed by atoms with Gasteiger partial charge in [0.05, 0.1) is 25.6 Å². The van der Waals surface area contributed by atoms with E-state index in [4.69, 9.17) is 4.74 Å². The van der Waals surface area contributed by atoms with Crippen molar-refractivity contribution in [3.05, 3.63) is 50.5 Å². The molecule has 29 heavy (non-hydrogen) atoms. The molecule has 0 radical (unpaired) electrons. The Morgan fingerprint density at radius 3 is 2.79 bits per heavy atom. The number of aromatic nitrogens is 3. The number of pyridine rings is 1. The third-order valence-corrected chi connectivity index (χ3v) is 5.40. The van der Waals surface area contributed by atoms with Crippen LogP contribution in [0.1, 0.15) is 26.6 Å². The van der Waals surface area contributed by atoms with Crippen LogP contribution in [0.15, 0.2) is 23.1 Å².